The average Bonchev–Trinajstić information content (AvgIpc) is 3.99. The fourth-order valence-corrected chi connectivity index (χ4v) is 8.41. The molecule has 0 unspecified atom stereocenters. The Kier molecular flexibility index (Phi) is 10.9. The number of alkyl halides is 4. The summed E-state index contributed by atoms with van der Waals surface area (Å²) in [6, 6.07) is 61.6. The first-order valence-electron chi connectivity index (χ1n) is 17.1. The number of hydrogen-bond acceptors (Lipinski definition) is 0. The summed E-state index contributed by atoms with van der Waals surface area (Å²) < 4.78 is 9.90. The third kappa shape index (κ3) is 6.04. The molecule has 0 saturated carbocycles. The molecule has 0 spiro atoms. The SMILES string of the molecule is C1=[N+](c2ccc([N+]3=Cc4cccn4[B-]3(c3ccccc3)c3ccccc3)cc2)[B-](c2ccccc2)(c2ccccc2)n2cccc21.ClCCl.ClCCl. The van der Waals surface area contributed by atoms with Gasteiger partial charge in [0.05, 0.1) is 22.1 Å². The highest BCUT2D eigenvalue weighted by Gasteiger charge is 2.51. The molecule has 258 valence electrons. The van der Waals surface area contributed by atoms with E-state index >= 15 is 0 Å². The summed E-state index contributed by atoms with van der Waals surface area (Å²) in [5.74, 6) is 0. The van der Waals surface area contributed by atoms with Crippen LogP contribution in [-0.2, 0) is 0 Å². The summed E-state index contributed by atoms with van der Waals surface area (Å²) in [7, 11) is 0. The van der Waals surface area contributed by atoms with Crippen LogP contribution < -0.4 is 21.9 Å². The molecule has 2 aliphatic heterocycles. The summed E-state index contributed by atoms with van der Waals surface area (Å²) >= 11 is 19.1. The molecule has 2 aromatic heterocycles. The molecule has 0 atom stereocenters. The quantitative estimate of drug-likeness (QED) is 0.121. The van der Waals surface area contributed by atoms with Gasteiger partial charge >= 0.3 is 12.8 Å². The smallest absolute Gasteiger partial charge is 0.434 e. The Morgan fingerprint density at radius 2 is 0.635 bits per heavy atom. The number of rotatable bonds is 6. The summed E-state index contributed by atoms with van der Waals surface area (Å²) in [6.07, 6.45) is 6.04. The van der Waals surface area contributed by atoms with Gasteiger partial charge < -0.3 is 17.9 Å². The molecule has 0 amide bonds. The minimum absolute atomic E-state index is 0.194. The van der Waals surface area contributed by atoms with Crippen molar-refractivity contribution in [1.29, 1.82) is 0 Å². The van der Waals surface area contributed by atoms with Gasteiger partial charge in [0, 0.05) is 24.3 Å². The average molecular weight is 760 g/mol. The van der Waals surface area contributed by atoms with Crippen molar-refractivity contribution in [2.24, 2.45) is 0 Å². The zero-order chi connectivity index (χ0) is 36.0. The first kappa shape index (κ1) is 35.7. The van der Waals surface area contributed by atoms with Crippen molar-refractivity contribution >= 4 is 105 Å². The maximum Gasteiger partial charge on any atom is 0.434 e. The van der Waals surface area contributed by atoms with E-state index in [-0.39, 0.29) is 10.7 Å². The van der Waals surface area contributed by atoms with E-state index in [9.17, 15) is 0 Å². The third-order valence-electron chi connectivity index (χ3n) is 10.3. The van der Waals surface area contributed by atoms with Gasteiger partial charge in [0.1, 0.15) is 12.4 Å². The van der Waals surface area contributed by atoms with Crippen LogP contribution in [0.2, 0.25) is 0 Å². The topological polar surface area (TPSA) is 15.9 Å². The van der Waals surface area contributed by atoms with E-state index in [0.717, 1.165) is 11.4 Å². The van der Waals surface area contributed by atoms with Crippen LogP contribution in [0.15, 0.2) is 182 Å². The van der Waals surface area contributed by atoms with Gasteiger partial charge in [0.25, 0.3) is 0 Å². The van der Waals surface area contributed by atoms with E-state index in [0.29, 0.717) is 0 Å². The molecule has 10 heteroatoms. The second-order valence-electron chi connectivity index (χ2n) is 12.7. The zero-order valence-corrected chi connectivity index (χ0v) is 31.4. The summed E-state index contributed by atoms with van der Waals surface area (Å²) in [5, 5.41) is 0.389. The van der Waals surface area contributed by atoms with Crippen LogP contribution in [0.5, 0.6) is 0 Å². The Hall–Kier alpha value is -4.71. The van der Waals surface area contributed by atoms with Crippen molar-refractivity contribution in [1.82, 2.24) is 8.96 Å². The van der Waals surface area contributed by atoms with Gasteiger partial charge in [-0.15, -0.1) is 68.3 Å². The Morgan fingerprint density at radius 3 is 0.904 bits per heavy atom. The molecule has 0 radical (unpaired) electrons. The van der Waals surface area contributed by atoms with E-state index in [1.54, 1.807) is 0 Å². The fraction of sp³-hybridized carbons (Fsp3) is 0.0476. The molecular weight excluding hydrogens is 724 g/mol. The van der Waals surface area contributed by atoms with Gasteiger partial charge in [-0.3, -0.25) is 0 Å². The van der Waals surface area contributed by atoms with Gasteiger partial charge in [-0.2, -0.15) is 0 Å². The molecule has 0 bridgehead atoms. The van der Waals surface area contributed by atoms with Crippen molar-refractivity contribution in [2.75, 3.05) is 10.7 Å². The van der Waals surface area contributed by atoms with Gasteiger partial charge in [-0.05, 0) is 36.7 Å². The van der Waals surface area contributed by atoms with Crippen LogP contribution in [0.1, 0.15) is 11.4 Å². The molecule has 4 heterocycles. The van der Waals surface area contributed by atoms with E-state index < -0.39 is 12.8 Å². The van der Waals surface area contributed by atoms with Gasteiger partial charge in [-0.25, -0.2) is 0 Å². The Bertz CT molecular complexity index is 2050. The summed E-state index contributed by atoms with van der Waals surface area (Å²) in [4.78, 5) is 0. The standard InChI is InChI=1S/C40H32B2N4.2CH2Cl2/c1-5-15-33(16-6-1)41(34-17-7-2-8-18-34)43-29-13-23-39(43)31-45(41)37-25-27-38(28-26-37)46-32-40-24-14-30-44(40)42(46,35-19-9-3-10-20-35)36-21-11-4-12-22-36;2*2-1-3/h1-32H;2*1H2. The van der Waals surface area contributed by atoms with E-state index in [4.69, 9.17) is 46.4 Å². The number of hydrogen-bond donors (Lipinski definition) is 0. The van der Waals surface area contributed by atoms with Crippen LogP contribution in [0, 0.1) is 0 Å². The van der Waals surface area contributed by atoms with Crippen molar-refractivity contribution in [3.8, 4) is 0 Å². The number of nitrogens with zero attached hydrogens (tertiary/aromatic N) is 4. The molecular formula is C42H36B2Cl4N4. The predicted molar refractivity (Wildman–Crippen MR) is 225 cm³/mol. The first-order chi connectivity index (χ1) is 25.6. The second kappa shape index (κ2) is 15.9. The summed E-state index contributed by atoms with van der Waals surface area (Å²) in [6.45, 7) is 0. The highest BCUT2D eigenvalue weighted by molar-refractivity contribution is 6.97. The van der Waals surface area contributed by atoms with Gasteiger partial charge in [-0.1, -0.05) is 121 Å². The highest BCUT2D eigenvalue weighted by Crippen LogP contribution is 2.31. The van der Waals surface area contributed by atoms with E-state index in [1.165, 1.54) is 33.2 Å². The lowest BCUT2D eigenvalue weighted by Crippen LogP contribution is -2.69. The fourth-order valence-electron chi connectivity index (χ4n) is 8.41. The zero-order valence-electron chi connectivity index (χ0n) is 28.3. The van der Waals surface area contributed by atoms with Crippen LogP contribution in [0.3, 0.4) is 0 Å². The molecule has 2 aliphatic rings. The van der Waals surface area contributed by atoms with Crippen LogP contribution in [0.4, 0.5) is 11.4 Å². The normalized spacial score (nSPS) is 14.5. The Labute approximate surface area is 325 Å². The third-order valence-corrected chi connectivity index (χ3v) is 10.3. The molecule has 5 aromatic carbocycles. The highest BCUT2D eigenvalue weighted by atomic mass is 35.5. The van der Waals surface area contributed by atoms with Gasteiger partial charge in [0.15, 0.2) is 11.4 Å². The molecule has 0 N–H and O–H groups in total. The van der Waals surface area contributed by atoms with Gasteiger partial charge in [0.2, 0.25) is 0 Å². The maximum absolute atomic E-state index is 4.76. The lowest BCUT2D eigenvalue weighted by Gasteiger charge is -2.37. The largest absolute Gasteiger partial charge is 0.449 e. The van der Waals surface area contributed by atoms with Crippen molar-refractivity contribution in [3.05, 3.63) is 194 Å². The Balaban J connectivity index is 0.000000658. The number of fused-ring (bicyclic) bond motifs is 2. The predicted octanol–water partition coefficient (Wildman–Crippen LogP) is 7.90. The second-order valence-corrected chi connectivity index (χ2v) is 14.3. The monoisotopic (exact) mass is 758 g/mol. The van der Waals surface area contributed by atoms with Crippen molar-refractivity contribution in [3.63, 3.8) is 0 Å². The maximum atomic E-state index is 4.76. The molecule has 4 nitrogen and oxygen atoms in total. The molecule has 52 heavy (non-hydrogen) atoms. The van der Waals surface area contributed by atoms with E-state index in [2.05, 4.69) is 213 Å². The lowest BCUT2D eigenvalue weighted by atomic mass is 9.36. The molecule has 0 saturated heterocycles. The van der Waals surface area contributed by atoms with Crippen LogP contribution in [0.25, 0.3) is 0 Å². The lowest BCUT2D eigenvalue weighted by molar-refractivity contribution is -0.289. The minimum atomic E-state index is -1.51. The van der Waals surface area contributed by atoms with Crippen molar-refractivity contribution < 1.29 is 8.97 Å². The number of benzene rings is 5. The number of halogens is 4. The molecule has 0 fully saturated rings. The Morgan fingerprint density at radius 1 is 0.365 bits per heavy atom. The first-order valence-corrected chi connectivity index (χ1v) is 19.3. The molecule has 9 rings (SSSR count). The minimum Gasteiger partial charge on any atom is -0.449 e. The molecule has 0 aliphatic carbocycles. The van der Waals surface area contributed by atoms with Crippen LogP contribution >= 0.6 is 46.4 Å². The van der Waals surface area contributed by atoms with Crippen molar-refractivity contribution in [2.45, 2.75) is 0 Å². The van der Waals surface area contributed by atoms with E-state index in [1.807, 2.05) is 0 Å². The molecule has 7 aromatic rings. The van der Waals surface area contributed by atoms with Crippen LogP contribution in [-0.4, -0.2) is 53.9 Å². The number of aromatic nitrogens is 2. The summed E-state index contributed by atoms with van der Waals surface area (Å²) in [5.41, 5.74) is 9.77.